The lowest BCUT2D eigenvalue weighted by molar-refractivity contribution is 0.146. The summed E-state index contributed by atoms with van der Waals surface area (Å²) >= 11 is 0. The maximum atomic E-state index is 3.47. The topological polar surface area (TPSA) is 15.3 Å². The zero-order valence-electron chi connectivity index (χ0n) is 13.1. The van der Waals surface area contributed by atoms with Crippen molar-refractivity contribution < 1.29 is 0 Å². The SMILES string of the molecule is CNC1(C)CCN(Cc2cc(C)c(C)cc2C)CC1. The van der Waals surface area contributed by atoms with E-state index in [1.807, 2.05) is 0 Å². The number of nitrogens with zero attached hydrogens (tertiary/aromatic N) is 1. The van der Waals surface area contributed by atoms with Crippen LogP contribution in [0.2, 0.25) is 0 Å². The van der Waals surface area contributed by atoms with E-state index in [2.05, 4.69) is 57.1 Å². The Kier molecular flexibility index (Phi) is 4.32. The minimum atomic E-state index is 0.342. The van der Waals surface area contributed by atoms with Gasteiger partial charge in [0.05, 0.1) is 0 Å². The molecular formula is C17H28N2. The Morgan fingerprint density at radius 1 is 1.05 bits per heavy atom. The zero-order chi connectivity index (χ0) is 14.0. The van der Waals surface area contributed by atoms with Crippen LogP contribution in [0.4, 0.5) is 0 Å². The summed E-state index contributed by atoms with van der Waals surface area (Å²) in [5.41, 5.74) is 6.09. The van der Waals surface area contributed by atoms with Crippen LogP contribution < -0.4 is 5.32 Å². The molecule has 0 spiro atoms. The Balaban J connectivity index is 2.02. The van der Waals surface area contributed by atoms with Crippen LogP contribution in [-0.4, -0.2) is 30.6 Å². The second-order valence-corrected chi connectivity index (χ2v) is 6.45. The van der Waals surface area contributed by atoms with E-state index in [9.17, 15) is 0 Å². The predicted molar refractivity (Wildman–Crippen MR) is 82.6 cm³/mol. The van der Waals surface area contributed by atoms with Crippen molar-refractivity contribution >= 4 is 0 Å². The van der Waals surface area contributed by atoms with Gasteiger partial charge in [0.1, 0.15) is 0 Å². The highest BCUT2D eigenvalue weighted by Crippen LogP contribution is 2.24. The first-order valence-corrected chi connectivity index (χ1v) is 7.41. The van der Waals surface area contributed by atoms with E-state index < -0.39 is 0 Å². The van der Waals surface area contributed by atoms with Gasteiger partial charge in [-0.25, -0.2) is 0 Å². The maximum Gasteiger partial charge on any atom is 0.0236 e. The van der Waals surface area contributed by atoms with Crippen LogP contribution in [0, 0.1) is 20.8 Å². The van der Waals surface area contributed by atoms with Crippen molar-refractivity contribution in [2.45, 2.75) is 52.6 Å². The fraction of sp³-hybridized carbons (Fsp3) is 0.647. The highest BCUT2D eigenvalue weighted by Gasteiger charge is 2.28. The van der Waals surface area contributed by atoms with Gasteiger partial charge in [0, 0.05) is 25.2 Å². The molecule has 0 saturated carbocycles. The number of piperidine rings is 1. The smallest absolute Gasteiger partial charge is 0.0236 e. The fourth-order valence-corrected chi connectivity index (χ4v) is 2.89. The van der Waals surface area contributed by atoms with Crippen molar-refractivity contribution in [3.63, 3.8) is 0 Å². The van der Waals surface area contributed by atoms with Gasteiger partial charge in [-0.05, 0) is 69.8 Å². The van der Waals surface area contributed by atoms with Crippen LogP contribution in [0.25, 0.3) is 0 Å². The van der Waals surface area contributed by atoms with E-state index in [-0.39, 0.29) is 0 Å². The van der Waals surface area contributed by atoms with Gasteiger partial charge >= 0.3 is 0 Å². The molecule has 2 heteroatoms. The third-order valence-electron chi connectivity index (χ3n) is 4.91. The maximum absolute atomic E-state index is 3.47. The number of nitrogens with one attached hydrogen (secondary N) is 1. The van der Waals surface area contributed by atoms with E-state index >= 15 is 0 Å². The third-order valence-corrected chi connectivity index (χ3v) is 4.91. The number of aryl methyl sites for hydroxylation is 3. The minimum absolute atomic E-state index is 0.342. The van der Waals surface area contributed by atoms with Crippen molar-refractivity contribution in [1.82, 2.24) is 10.2 Å². The Morgan fingerprint density at radius 2 is 1.63 bits per heavy atom. The van der Waals surface area contributed by atoms with Crippen LogP contribution in [0.3, 0.4) is 0 Å². The molecule has 0 aliphatic carbocycles. The zero-order valence-corrected chi connectivity index (χ0v) is 13.1. The summed E-state index contributed by atoms with van der Waals surface area (Å²) in [5.74, 6) is 0. The molecule has 1 N–H and O–H groups in total. The summed E-state index contributed by atoms with van der Waals surface area (Å²) in [6.07, 6.45) is 2.49. The Bertz CT molecular complexity index is 443. The largest absolute Gasteiger partial charge is 0.314 e. The molecule has 106 valence electrons. The molecule has 2 rings (SSSR count). The third kappa shape index (κ3) is 3.37. The first kappa shape index (κ1) is 14.5. The summed E-state index contributed by atoms with van der Waals surface area (Å²) in [6.45, 7) is 12.5. The monoisotopic (exact) mass is 260 g/mol. The van der Waals surface area contributed by atoms with Crippen LogP contribution >= 0.6 is 0 Å². The van der Waals surface area contributed by atoms with Gasteiger partial charge in [0.2, 0.25) is 0 Å². The first-order valence-electron chi connectivity index (χ1n) is 7.41. The lowest BCUT2D eigenvalue weighted by Gasteiger charge is -2.39. The van der Waals surface area contributed by atoms with Crippen molar-refractivity contribution in [2.75, 3.05) is 20.1 Å². The van der Waals surface area contributed by atoms with Gasteiger partial charge in [0.15, 0.2) is 0 Å². The van der Waals surface area contributed by atoms with Crippen molar-refractivity contribution in [3.8, 4) is 0 Å². The molecular weight excluding hydrogens is 232 g/mol. The second kappa shape index (κ2) is 5.64. The minimum Gasteiger partial charge on any atom is -0.314 e. The summed E-state index contributed by atoms with van der Waals surface area (Å²) in [6, 6.07) is 4.70. The molecule has 1 saturated heterocycles. The molecule has 0 unspecified atom stereocenters. The van der Waals surface area contributed by atoms with Crippen molar-refractivity contribution in [2.24, 2.45) is 0 Å². The molecule has 0 atom stereocenters. The highest BCUT2D eigenvalue weighted by molar-refractivity contribution is 5.36. The van der Waals surface area contributed by atoms with E-state index in [0.29, 0.717) is 5.54 Å². The lowest BCUT2D eigenvalue weighted by atomic mass is 9.89. The molecule has 1 aliphatic heterocycles. The summed E-state index contributed by atoms with van der Waals surface area (Å²) in [7, 11) is 2.09. The lowest BCUT2D eigenvalue weighted by Crippen LogP contribution is -2.49. The molecule has 1 aromatic carbocycles. The number of benzene rings is 1. The number of rotatable bonds is 3. The Labute approximate surface area is 118 Å². The average molecular weight is 260 g/mol. The van der Waals surface area contributed by atoms with Crippen LogP contribution in [0.5, 0.6) is 0 Å². The van der Waals surface area contributed by atoms with Gasteiger partial charge in [-0.3, -0.25) is 4.90 Å². The quantitative estimate of drug-likeness (QED) is 0.898. The van der Waals surface area contributed by atoms with E-state index in [1.165, 1.54) is 48.2 Å². The van der Waals surface area contributed by atoms with E-state index in [1.54, 1.807) is 0 Å². The normalized spacial score (nSPS) is 19.6. The standard InChI is InChI=1S/C17H28N2/c1-13-10-15(3)16(11-14(13)2)12-19-8-6-17(4,18-5)7-9-19/h10-11,18H,6-9,12H2,1-5H3. The van der Waals surface area contributed by atoms with Crippen LogP contribution in [0.1, 0.15) is 42.0 Å². The summed E-state index contributed by atoms with van der Waals surface area (Å²) in [5, 5.41) is 3.47. The molecule has 1 fully saturated rings. The Morgan fingerprint density at radius 3 is 2.21 bits per heavy atom. The molecule has 0 amide bonds. The molecule has 1 heterocycles. The number of hydrogen-bond acceptors (Lipinski definition) is 2. The van der Waals surface area contributed by atoms with Gasteiger partial charge in [-0.2, -0.15) is 0 Å². The molecule has 1 aromatic rings. The number of likely N-dealkylation sites (tertiary alicyclic amines) is 1. The van der Waals surface area contributed by atoms with Crippen LogP contribution in [0.15, 0.2) is 12.1 Å². The van der Waals surface area contributed by atoms with Gasteiger partial charge in [0.25, 0.3) is 0 Å². The van der Waals surface area contributed by atoms with E-state index in [0.717, 1.165) is 6.54 Å². The van der Waals surface area contributed by atoms with E-state index in [4.69, 9.17) is 0 Å². The highest BCUT2D eigenvalue weighted by atomic mass is 15.1. The Hall–Kier alpha value is -0.860. The second-order valence-electron chi connectivity index (χ2n) is 6.45. The average Bonchev–Trinajstić information content (AvgIpc) is 2.39. The van der Waals surface area contributed by atoms with Gasteiger partial charge in [-0.1, -0.05) is 12.1 Å². The predicted octanol–water partition coefficient (Wildman–Crippen LogP) is 3.19. The molecule has 19 heavy (non-hydrogen) atoms. The van der Waals surface area contributed by atoms with Crippen molar-refractivity contribution in [1.29, 1.82) is 0 Å². The van der Waals surface area contributed by atoms with Gasteiger partial charge in [-0.15, -0.1) is 0 Å². The van der Waals surface area contributed by atoms with Gasteiger partial charge < -0.3 is 5.32 Å². The summed E-state index contributed by atoms with van der Waals surface area (Å²) in [4.78, 5) is 2.59. The molecule has 0 radical (unpaired) electrons. The van der Waals surface area contributed by atoms with Crippen molar-refractivity contribution in [3.05, 3.63) is 34.4 Å². The summed E-state index contributed by atoms with van der Waals surface area (Å²) < 4.78 is 0. The molecule has 1 aliphatic rings. The first-order chi connectivity index (χ1) is 8.93. The number of hydrogen-bond donors (Lipinski definition) is 1. The molecule has 0 aromatic heterocycles. The van der Waals surface area contributed by atoms with Crippen LogP contribution in [-0.2, 0) is 6.54 Å². The molecule has 0 bridgehead atoms. The fourth-order valence-electron chi connectivity index (χ4n) is 2.89. The molecule has 2 nitrogen and oxygen atoms in total.